The van der Waals surface area contributed by atoms with Crippen molar-refractivity contribution in [2.45, 2.75) is 39.0 Å². The van der Waals surface area contributed by atoms with Gasteiger partial charge in [-0.25, -0.2) is 8.42 Å². The molecule has 0 aliphatic carbocycles. The van der Waals surface area contributed by atoms with Crippen LogP contribution >= 0.6 is 0 Å². The molecule has 1 amide bonds. The first-order valence-electron chi connectivity index (χ1n) is 7.82. The molecule has 1 aromatic rings. The van der Waals surface area contributed by atoms with Gasteiger partial charge >= 0.3 is 0 Å². The fourth-order valence-electron chi connectivity index (χ4n) is 2.68. The van der Waals surface area contributed by atoms with Crippen molar-refractivity contribution in [3.05, 3.63) is 35.4 Å². The normalized spacial score (nSPS) is 19.0. The molecule has 1 aliphatic rings. The number of nitrogens with zero attached hydrogens (tertiary/aromatic N) is 1. The molecule has 0 radical (unpaired) electrons. The maximum atomic E-state index is 12.2. The molecular formula is C16H24N2O4S. The Morgan fingerprint density at radius 3 is 2.57 bits per heavy atom. The molecule has 0 spiro atoms. The number of nitrogens with one attached hydrogen (secondary N) is 1. The van der Waals surface area contributed by atoms with Crippen LogP contribution in [-0.4, -0.2) is 44.1 Å². The lowest BCUT2D eigenvalue weighted by Crippen LogP contribution is -2.45. The molecule has 0 saturated carbocycles. The molecule has 1 aromatic carbocycles. The number of carbonyl (C=O) groups is 1. The van der Waals surface area contributed by atoms with E-state index in [1.165, 1.54) is 4.31 Å². The Morgan fingerprint density at radius 2 is 1.96 bits per heavy atom. The lowest BCUT2D eigenvalue weighted by Gasteiger charge is -2.21. The Balaban J connectivity index is 1.89. The standard InChI is InChI=1S/C16H24N2O4S/c1-3-22-12-14-8-6-13(7-9-14)11-17-16(19)15-5-4-10-18(15)23(2,20)21/h6-9,15H,3-5,10-12H2,1-2H3,(H,17,19)/t15-/m1/s1. The Bertz CT molecular complexity index is 628. The van der Waals surface area contributed by atoms with Gasteiger partial charge in [-0.2, -0.15) is 4.31 Å². The van der Waals surface area contributed by atoms with Crippen molar-refractivity contribution in [3.8, 4) is 0 Å². The molecule has 1 aliphatic heterocycles. The van der Waals surface area contributed by atoms with E-state index in [0.717, 1.165) is 23.8 Å². The van der Waals surface area contributed by atoms with E-state index in [4.69, 9.17) is 4.74 Å². The first-order valence-corrected chi connectivity index (χ1v) is 9.66. The summed E-state index contributed by atoms with van der Waals surface area (Å²) in [5.41, 5.74) is 2.06. The van der Waals surface area contributed by atoms with Crippen LogP contribution in [-0.2, 0) is 32.7 Å². The van der Waals surface area contributed by atoms with E-state index in [1.54, 1.807) is 0 Å². The van der Waals surface area contributed by atoms with Crippen LogP contribution in [0.5, 0.6) is 0 Å². The van der Waals surface area contributed by atoms with Gasteiger partial charge in [-0.3, -0.25) is 4.79 Å². The van der Waals surface area contributed by atoms with Crippen LogP contribution in [0.3, 0.4) is 0 Å². The number of hydrogen-bond donors (Lipinski definition) is 1. The second kappa shape index (κ2) is 7.90. The van der Waals surface area contributed by atoms with Gasteiger partial charge in [0.15, 0.2) is 0 Å². The monoisotopic (exact) mass is 340 g/mol. The molecule has 7 heteroatoms. The van der Waals surface area contributed by atoms with Gasteiger partial charge in [0.05, 0.1) is 12.9 Å². The molecule has 0 aromatic heterocycles. The number of carbonyl (C=O) groups excluding carboxylic acids is 1. The summed E-state index contributed by atoms with van der Waals surface area (Å²) in [5, 5.41) is 2.83. The van der Waals surface area contributed by atoms with Crippen LogP contribution in [0.4, 0.5) is 0 Å². The molecule has 1 atom stereocenters. The number of ether oxygens (including phenoxy) is 1. The van der Waals surface area contributed by atoms with E-state index in [0.29, 0.717) is 32.7 Å². The summed E-state index contributed by atoms with van der Waals surface area (Å²) >= 11 is 0. The summed E-state index contributed by atoms with van der Waals surface area (Å²) in [7, 11) is -3.34. The minimum Gasteiger partial charge on any atom is -0.377 e. The van der Waals surface area contributed by atoms with E-state index in [1.807, 2.05) is 31.2 Å². The summed E-state index contributed by atoms with van der Waals surface area (Å²) in [6.45, 7) is 4.02. The van der Waals surface area contributed by atoms with Gasteiger partial charge in [-0.05, 0) is 30.9 Å². The smallest absolute Gasteiger partial charge is 0.238 e. The molecule has 1 heterocycles. The number of sulfonamides is 1. The Hall–Kier alpha value is -1.44. The van der Waals surface area contributed by atoms with E-state index in [-0.39, 0.29) is 5.91 Å². The van der Waals surface area contributed by atoms with Gasteiger partial charge in [-0.1, -0.05) is 24.3 Å². The number of amides is 1. The van der Waals surface area contributed by atoms with Crippen molar-refractivity contribution in [2.75, 3.05) is 19.4 Å². The molecule has 0 bridgehead atoms. The predicted molar refractivity (Wildman–Crippen MR) is 88.2 cm³/mol. The van der Waals surface area contributed by atoms with Crippen molar-refractivity contribution in [1.82, 2.24) is 9.62 Å². The van der Waals surface area contributed by atoms with Crippen LogP contribution in [0.15, 0.2) is 24.3 Å². The highest BCUT2D eigenvalue weighted by atomic mass is 32.2. The Labute approximate surface area is 137 Å². The van der Waals surface area contributed by atoms with Crippen molar-refractivity contribution < 1.29 is 17.9 Å². The number of benzene rings is 1. The summed E-state index contributed by atoms with van der Waals surface area (Å²) in [6, 6.07) is 7.24. The van der Waals surface area contributed by atoms with Crippen LogP contribution in [0.1, 0.15) is 30.9 Å². The second-order valence-electron chi connectivity index (χ2n) is 5.70. The summed E-state index contributed by atoms with van der Waals surface area (Å²) < 4.78 is 30.0. The van der Waals surface area contributed by atoms with E-state index in [9.17, 15) is 13.2 Å². The predicted octanol–water partition coefficient (Wildman–Crippen LogP) is 1.26. The molecule has 1 saturated heterocycles. The highest BCUT2D eigenvalue weighted by Crippen LogP contribution is 2.20. The molecule has 0 unspecified atom stereocenters. The minimum atomic E-state index is -3.34. The quantitative estimate of drug-likeness (QED) is 0.811. The van der Waals surface area contributed by atoms with Crippen molar-refractivity contribution in [3.63, 3.8) is 0 Å². The molecule has 6 nitrogen and oxygen atoms in total. The van der Waals surface area contributed by atoms with E-state index in [2.05, 4.69) is 5.32 Å². The molecule has 23 heavy (non-hydrogen) atoms. The van der Waals surface area contributed by atoms with Crippen molar-refractivity contribution in [1.29, 1.82) is 0 Å². The van der Waals surface area contributed by atoms with Crippen LogP contribution in [0, 0.1) is 0 Å². The number of hydrogen-bond acceptors (Lipinski definition) is 4. The largest absolute Gasteiger partial charge is 0.377 e. The lowest BCUT2D eigenvalue weighted by atomic mass is 10.1. The second-order valence-corrected chi connectivity index (χ2v) is 7.64. The summed E-state index contributed by atoms with van der Waals surface area (Å²) in [5.74, 6) is -0.230. The molecule has 2 rings (SSSR count). The maximum Gasteiger partial charge on any atom is 0.238 e. The van der Waals surface area contributed by atoms with Gasteiger partial charge in [0, 0.05) is 19.7 Å². The van der Waals surface area contributed by atoms with Crippen LogP contribution in [0.25, 0.3) is 0 Å². The zero-order valence-corrected chi connectivity index (χ0v) is 14.4. The maximum absolute atomic E-state index is 12.2. The average Bonchev–Trinajstić information content (AvgIpc) is 3.01. The highest BCUT2D eigenvalue weighted by molar-refractivity contribution is 7.88. The van der Waals surface area contributed by atoms with Crippen molar-refractivity contribution >= 4 is 15.9 Å². The third-order valence-corrected chi connectivity index (χ3v) is 5.18. The topological polar surface area (TPSA) is 75.7 Å². The van der Waals surface area contributed by atoms with Gasteiger partial charge in [0.2, 0.25) is 15.9 Å². The third-order valence-electron chi connectivity index (χ3n) is 3.89. The molecule has 128 valence electrons. The fourth-order valence-corrected chi connectivity index (χ4v) is 3.80. The SMILES string of the molecule is CCOCc1ccc(CNC(=O)[C@H]2CCCN2S(C)(=O)=O)cc1. The molecular weight excluding hydrogens is 316 g/mol. The van der Waals surface area contributed by atoms with Crippen LogP contribution in [0.2, 0.25) is 0 Å². The average molecular weight is 340 g/mol. The van der Waals surface area contributed by atoms with Crippen molar-refractivity contribution in [2.24, 2.45) is 0 Å². The minimum absolute atomic E-state index is 0.230. The van der Waals surface area contributed by atoms with Crippen LogP contribution < -0.4 is 5.32 Å². The Kier molecular flexibility index (Phi) is 6.15. The molecule has 1 fully saturated rings. The van der Waals surface area contributed by atoms with Gasteiger partial charge < -0.3 is 10.1 Å². The van der Waals surface area contributed by atoms with E-state index < -0.39 is 16.1 Å². The first kappa shape index (κ1) is 17.9. The summed E-state index contributed by atoms with van der Waals surface area (Å²) in [6.07, 6.45) is 2.44. The first-order chi connectivity index (χ1) is 10.9. The summed E-state index contributed by atoms with van der Waals surface area (Å²) in [4.78, 5) is 12.2. The van der Waals surface area contributed by atoms with Gasteiger partial charge in [0.25, 0.3) is 0 Å². The highest BCUT2D eigenvalue weighted by Gasteiger charge is 2.36. The van der Waals surface area contributed by atoms with Gasteiger partial charge in [0.1, 0.15) is 6.04 Å². The van der Waals surface area contributed by atoms with Gasteiger partial charge in [-0.15, -0.1) is 0 Å². The zero-order chi connectivity index (χ0) is 16.9. The number of rotatable bonds is 7. The lowest BCUT2D eigenvalue weighted by molar-refractivity contribution is -0.124. The van der Waals surface area contributed by atoms with E-state index >= 15 is 0 Å². The zero-order valence-electron chi connectivity index (χ0n) is 13.6. The third kappa shape index (κ3) is 5.02. The molecule has 1 N–H and O–H groups in total. The fraction of sp³-hybridized carbons (Fsp3) is 0.562. The Morgan fingerprint density at radius 1 is 1.30 bits per heavy atom.